The molecule has 0 unspecified atom stereocenters. The molecule has 28 heavy (non-hydrogen) atoms. The minimum absolute atomic E-state index is 0.0843. The molecule has 0 saturated carbocycles. The summed E-state index contributed by atoms with van der Waals surface area (Å²) < 4.78 is 5.17. The summed E-state index contributed by atoms with van der Waals surface area (Å²) in [4.78, 5) is 26.6. The zero-order valence-electron chi connectivity index (χ0n) is 16.3. The number of hydrogen-bond acceptors (Lipinski definition) is 4. The zero-order valence-corrected chi connectivity index (χ0v) is 17.8. The van der Waals surface area contributed by atoms with E-state index in [4.69, 9.17) is 16.3 Å². The fourth-order valence-corrected chi connectivity index (χ4v) is 3.76. The second-order valence-corrected chi connectivity index (χ2v) is 7.70. The van der Waals surface area contributed by atoms with Crippen LogP contribution in [0.25, 0.3) is 0 Å². The van der Waals surface area contributed by atoms with Crippen molar-refractivity contribution in [2.24, 2.45) is 0 Å². The first-order valence-corrected chi connectivity index (χ1v) is 10.4. The van der Waals surface area contributed by atoms with Crippen LogP contribution in [0.15, 0.2) is 48.5 Å². The quantitative estimate of drug-likeness (QED) is 0.671. The first-order chi connectivity index (χ1) is 13.4. The predicted molar refractivity (Wildman–Crippen MR) is 115 cm³/mol. The second kappa shape index (κ2) is 11.0. The molecule has 1 atom stereocenters. The van der Waals surface area contributed by atoms with Gasteiger partial charge in [-0.15, -0.1) is 11.8 Å². The molecule has 7 heteroatoms. The molecule has 150 valence electrons. The Balaban J connectivity index is 2.04. The van der Waals surface area contributed by atoms with Crippen molar-refractivity contribution in [3.05, 3.63) is 64.7 Å². The van der Waals surface area contributed by atoms with E-state index in [-0.39, 0.29) is 17.6 Å². The van der Waals surface area contributed by atoms with E-state index in [9.17, 15) is 9.59 Å². The molecular weight excluding hydrogens is 396 g/mol. The first kappa shape index (κ1) is 22.1. The van der Waals surface area contributed by atoms with Crippen LogP contribution in [0.5, 0.6) is 5.75 Å². The molecule has 0 spiro atoms. The first-order valence-electron chi connectivity index (χ1n) is 8.90. The maximum Gasteiger partial charge on any atom is 0.242 e. The molecule has 0 aliphatic heterocycles. The van der Waals surface area contributed by atoms with Gasteiger partial charge in [-0.2, -0.15) is 0 Å². The molecule has 0 aliphatic rings. The van der Waals surface area contributed by atoms with Gasteiger partial charge in [-0.05, 0) is 42.3 Å². The van der Waals surface area contributed by atoms with Crippen LogP contribution < -0.4 is 10.1 Å². The topological polar surface area (TPSA) is 58.6 Å². The molecule has 0 radical (unpaired) electrons. The van der Waals surface area contributed by atoms with Crippen molar-refractivity contribution in [1.29, 1.82) is 0 Å². The van der Waals surface area contributed by atoms with Gasteiger partial charge in [-0.25, -0.2) is 0 Å². The van der Waals surface area contributed by atoms with Gasteiger partial charge in [0.2, 0.25) is 11.8 Å². The molecule has 0 heterocycles. The van der Waals surface area contributed by atoms with E-state index in [0.29, 0.717) is 17.3 Å². The maximum absolute atomic E-state index is 12.9. The summed E-state index contributed by atoms with van der Waals surface area (Å²) in [5.74, 6) is 1.43. The highest BCUT2D eigenvalue weighted by Crippen LogP contribution is 2.19. The summed E-state index contributed by atoms with van der Waals surface area (Å²) in [6, 6.07) is 14.5. The number of carbonyl (C=O) groups is 2. The minimum atomic E-state index is -0.564. The number of halogens is 1. The molecular formula is C21H25ClN2O3S. The normalized spacial score (nSPS) is 11.6. The third-order valence-corrected chi connectivity index (χ3v) is 5.53. The van der Waals surface area contributed by atoms with Crippen LogP contribution in [0, 0.1) is 0 Å². The summed E-state index contributed by atoms with van der Waals surface area (Å²) in [5.41, 5.74) is 2.00. The summed E-state index contributed by atoms with van der Waals surface area (Å²) in [6.07, 6.45) is 0. The number of benzene rings is 2. The number of rotatable bonds is 9. The highest BCUT2D eigenvalue weighted by atomic mass is 35.5. The Morgan fingerprint density at radius 3 is 2.50 bits per heavy atom. The predicted octanol–water partition coefficient (Wildman–Crippen LogP) is 3.75. The van der Waals surface area contributed by atoms with Gasteiger partial charge in [0.1, 0.15) is 11.8 Å². The molecule has 0 bridgehead atoms. The monoisotopic (exact) mass is 420 g/mol. The van der Waals surface area contributed by atoms with Crippen molar-refractivity contribution >= 4 is 35.2 Å². The van der Waals surface area contributed by atoms with Crippen LogP contribution >= 0.6 is 23.4 Å². The number of hydrogen-bond donors (Lipinski definition) is 1. The van der Waals surface area contributed by atoms with E-state index >= 15 is 0 Å². The highest BCUT2D eigenvalue weighted by Gasteiger charge is 2.25. The third-order valence-electron chi connectivity index (χ3n) is 4.31. The average Bonchev–Trinajstić information content (AvgIpc) is 2.71. The number of methoxy groups -OCH3 is 1. The lowest BCUT2D eigenvalue weighted by Gasteiger charge is -2.28. The van der Waals surface area contributed by atoms with Crippen LogP contribution in [0.1, 0.15) is 18.1 Å². The van der Waals surface area contributed by atoms with Crippen LogP contribution in [0.2, 0.25) is 5.02 Å². The Morgan fingerprint density at radius 1 is 1.18 bits per heavy atom. The second-order valence-electron chi connectivity index (χ2n) is 6.28. The van der Waals surface area contributed by atoms with E-state index in [1.165, 1.54) is 11.8 Å². The fraction of sp³-hybridized carbons (Fsp3) is 0.333. The van der Waals surface area contributed by atoms with Crippen LogP contribution in [0.4, 0.5) is 0 Å². The largest absolute Gasteiger partial charge is 0.497 e. The molecule has 0 saturated heterocycles. The smallest absolute Gasteiger partial charge is 0.242 e. The Hall–Kier alpha value is -2.18. The van der Waals surface area contributed by atoms with Gasteiger partial charge in [-0.1, -0.05) is 35.9 Å². The number of ether oxygens (including phenoxy) is 1. The number of likely N-dealkylation sites (N-methyl/N-ethyl adjacent to an activating group) is 1. The highest BCUT2D eigenvalue weighted by molar-refractivity contribution is 7.99. The minimum Gasteiger partial charge on any atom is -0.497 e. The van der Waals surface area contributed by atoms with E-state index in [1.54, 1.807) is 26.0 Å². The van der Waals surface area contributed by atoms with E-state index < -0.39 is 6.04 Å². The summed E-state index contributed by atoms with van der Waals surface area (Å²) in [5, 5.41) is 3.30. The SMILES string of the molecule is CNC(=O)[C@H](C)N(Cc1ccc(OC)cc1)C(=O)CSCc1cccc(Cl)c1. The van der Waals surface area contributed by atoms with Crippen molar-refractivity contribution < 1.29 is 14.3 Å². The average molecular weight is 421 g/mol. The van der Waals surface area contributed by atoms with E-state index in [1.807, 2.05) is 48.5 Å². The number of nitrogens with zero attached hydrogens (tertiary/aromatic N) is 1. The lowest BCUT2D eigenvalue weighted by atomic mass is 10.1. The van der Waals surface area contributed by atoms with Crippen LogP contribution in [-0.4, -0.2) is 42.7 Å². The Bertz CT molecular complexity index is 798. The summed E-state index contributed by atoms with van der Waals surface area (Å²) >= 11 is 7.51. The Kier molecular flexibility index (Phi) is 8.67. The fourth-order valence-electron chi connectivity index (χ4n) is 2.69. The van der Waals surface area contributed by atoms with Crippen molar-refractivity contribution in [1.82, 2.24) is 10.2 Å². The van der Waals surface area contributed by atoms with E-state index in [0.717, 1.165) is 16.9 Å². The molecule has 2 aromatic rings. The number of nitrogens with one attached hydrogen (secondary N) is 1. The zero-order chi connectivity index (χ0) is 20.5. The summed E-state index contributed by atoms with van der Waals surface area (Å²) in [7, 11) is 3.18. The molecule has 1 N–H and O–H groups in total. The summed E-state index contributed by atoms with van der Waals surface area (Å²) in [6.45, 7) is 2.09. The van der Waals surface area contributed by atoms with Gasteiger partial charge in [-0.3, -0.25) is 9.59 Å². The number of amides is 2. The van der Waals surface area contributed by atoms with Gasteiger partial charge < -0.3 is 15.0 Å². The molecule has 2 aromatic carbocycles. The van der Waals surface area contributed by atoms with Gasteiger partial charge in [0, 0.05) is 24.4 Å². The van der Waals surface area contributed by atoms with Crippen molar-refractivity contribution in [2.45, 2.75) is 25.3 Å². The molecule has 5 nitrogen and oxygen atoms in total. The molecule has 0 aromatic heterocycles. The molecule has 0 fully saturated rings. The molecule has 2 amide bonds. The van der Waals surface area contributed by atoms with Crippen molar-refractivity contribution in [3.8, 4) is 5.75 Å². The lowest BCUT2D eigenvalue weighted by Crippen LogP contribution is -2.47. The van der Waals surface area contributed by atoms with Crippen molar-refractivity contribution in [3.63, 3.8) is 0 Å². The van der Waals surface area contributed by atoms with Gasteiger partial charge >= 0.3 is 0 Å². The van der Waals surface area contributed by atoms with Crippen molar-refractivity contribution in [2.75, 3.05) is 19.9 Å². The van der Waals surface area contributed by atoms with Crippen LogP contribution in [-0.2, 0) is 21.9 Å². The number of thioether (sulfide) groups is 1. The third kappa shape index (κ3) is 6.46. The molecule has 2 rings (SSSR count). The maximum atomic E-state index is 12.9. The van der Waals surface area contributed by atoms with Gasteiger partial charge in [0.05, 0.1) is 12.9 Å². The van der Waals surface area contributed by atoms with Gasteiger partial charge in [0.15, 0.2) is 0 Å². The van der Waals surface area contributed by atoms with Crippen LogP contribution in [0.3, 0.4) is 0 Å². The standard InChI is InChI=1S/C21H25ClN2O3S/c1-15(21(26)23-2)24(12-16-7-9-19(27-3)10-8-16)20(25)14-28-13-17-5-4-6-18(22)11-17/h4-11,15H,12-14H2,1-3H3,(H,23,26)/t15-/m0/s1. The van der Waals surface area contributed by atoms with E-state index in [2.05, 4.69) is 5.32 Å². The van der Waals surface area contributed by atoms with Gasteiger partial charge in [0.25, 0.3) is 0 Å². The Morgan fingerprint density at radius 2 is 1.89 bits per heavy atom. The molecule has 0 aliphatic carbocycles. The Labute approximate surface area is 175 Å². The number of carbonyl (C=O) groups excluding carboxylic acids is 2. The lowest BCUT2D eigenvalue weighted by molar-refractivity contribution is -0.138.